The lowest BCUT2D eigenvalue weighted by atomic mass is 10.0. The van der Waals surface area contributed by atoms with E-state index in [9.17, 15) is 0 Å². The van der Waals surface area contributed by atoms with Crippen molar-refractivity contribution in [1.82, 2.24) is 0 Å². The van der Waals surface area contributed by atoms with E-state index in [0.29, 0.717) is 5.56 Å². The second-order valence-electron chi connectivity index (χ2n) is 6.07. The molecule has 2 nitrogen and oxygen atoms in total. The minimum absolute atomic E-state index is 0.686. The zero-order valence-electron chi connectivity index (χ0n) is 14.1. The van der Waals surface area contributed by atoms with Gasteiger partial charge in [0.15, 0.2) is 0 Å². The number of hydrogen-bond donors (Lipinski definition) is 0. The predicted octanol–water partition coefficient (Wildman–Crippen LogP) is 5.82. The van der Waals surface area contributed by atoms with E-state index in [4.69, 9.17) is 10.00 Å². The van der Waals surface area contributed by atoms with Gasteiger partial charge >= 0.3 is 0 Å². The predicted molar refractivity (Wildman–Crippen MR) is 95.4 cm³/mol. The molecule has 0 N–H and O–H groups in total. The van der Waals surface area contributed by atoms with Gasteiger partial charge in [-0.2, -0.15) is 5.26 Å². The van der Waals surface area contributed by atoms with Crippen molar-refractivity contribution in [3.05, 3.63) is 54.1 Å². The van der Waals surface area contributed by atoms with Crippen molar-refractivity contribution in [2.75, 3.05) is 6.61 Å². The van der Waals surface area contributed by atoms with Crippen LogP contribution in [-0.4, -0.2) is 6.61 Å². The van der Waals surface area contributed by atoms with E-state index in [0.717, 1.165) is 35.8 Å². The molecule has 0 saturated carbocycles. The summed E-state index contributed by atoms with van der Waals surface area (Å²) >= 11 is 0. The van der Waals surface area contributed by atoms with Crippen LogP contribution in [0.4, 0.5) is 0 Å². The van der Waals surface area contributed by atoms with Gasteiger partial charge in [-0.15, -0.1) is 0 Å². The molecule has 0 radical (unpaired) electrons. The first-order valence-electron chi connectivity index (χ1n) is 8.46. The van der Waals surface area contributed by atoms with Gasteiger partial charge in [0.1, 0.15) is 5.75 Å². The molecule has 1 atom stereocenters. The molecule has 0 fully saturated rings. The molecule has 2 heteroatoms. The molecule has 2 rings (SSSR count). The van der Waals surface area contributed by atoms with Crippen LogP contribution in [0, 0.1) is 17.2 Å². The second kappa shape index (κ2) is 9.00. The number of hydrogen-bond acceptors (Lipinski definition) is 2. The van der Waals surface area contributed by atoms with E-state index in [1.54, 1.807) is 0 Å². The Hall–Kier alpha value is -2.27. The highest BCUT2D eigenvalue weighted by atomic mass is 16.5. The average Bonchev–Trinajstić information content (AvgIpc) is 2.62. The number of rotatable bonds is 8. The molecule has 0 spiro atoms. The van der Waals surface area contributed by atoms with Gasteiger partial charge < -0.3 is 4.74 Å². The monoisotopic (exact) mass is 307 g/mol. The third-order valence-electron chi connectivity index (χ3n) is 4.26. The zero-order chi connectivity index (χ0) is 16.5. The maximum absolute atomic E-state index is 8.83. The summed E-state index contributed by atoms with van der Waals surface area (Å²) in [5, 5.41) is 8.83. The fraction of sp³-hybridized carbons (Fsp3) is 0.381. The molecule has 0 aromatic heterocycles. The highest BCUT2D eigenvalue weighted by Gasteiger charge is 2.01. The summed E-state index contributed by atoms with van der Waals surface area (Å²) in [6.45, 7) is 5.34. The van der Waals surface area contributed by atoms with Crippen LogP contribution in [0.25, 0.3) is 11.1 Å². The maximum Gasteiger partial charge on any atom is 0.119 e. The minimum atomic E-state index is 0.686. The Morgan fingerprint density at radius 2 is 1.57 bits per heavy atom. The molecular weight excluding hydrogens is 282 g/mol. The Morgan fingerprint density at radius 3 is 2.13 bits per heavy atom. The summed E-state index contributed by atoms with van der Waals surface area (Å²) in [7, 11) is 0. The minimum Gasteiger partial charge on any atom is -0.494 e. The molecule has 0 amide bonds. The van der Waals surface area contributed by atoms with Gasteiger partial charge in [-0.25, -0.2) is 0 Å². The fourth-order valence-corrected chi connectivity index (χ4v) is 2.47. The Morgan fingerprint density at radius 1 is 0.957 bits per heavy atom. The smallest absolute Gasteiger partial charge is 0.119 e. The highest BCUT2D eigenvalue weighted by Crippen LogP contribution is 2.23. The number of nitriles is 1. The molecular formula is C21H25NO. The van der Waals surface area contributed by atoms with Crippen molar-refractivity contribution in [2.45, 2.75) is 39.5 Å². The molecule has 2 aromatic rings. The molecule has 23 heavy (non-hydrogen) atoms. The summed E-state index contributed by atoms with van der Waals surface area (Å²) in [4.78, 5) is 0. The molecule has 0 bridgehead atoms. The van der Waals surface area contributed by atoms with Crippen LogP contribution in [0.3, 0.4) is 0 Å². The lowest BCUT2D eigenvalue weighted by molar-refractivity contribution is 0.300. The van der Waals surface area contributed by atoms with Crippen LogP contribution >= 0.6 is 0 Å². The van der Waals surface area contributed by atoms with E-state index in [1.165, 1.54) is 19.3 Å². The third kappa shape index (κ3) is 5.45. The van der Waals surface area contributed by atoms with Crippen LogP contribution in [0.15, 0.2) is 48.5 Å². The Kier molecular flexibility index (Phi) is 6.69. The van der Waals surface area contributed by atoms with E-state index >= 15 is 0 Å². The lowest BCUT2D eigenvalue weighted by Gasteiger charge is -2.09. The highest BCUT2D eigenvalue weighted by molar-refractivity contribution is 5.64. The SMILES string of the molecule is CC[C@H](C)CCCCOc1ccc(-c2ccc(C#N)cc2)cc1. The van der Waals surface area contributed by atoms with Crippen molar-refractivity contribution in [3.63, 3.8) is 0 Å². The Bertz CT molecular complexity index is 622. The largest absolute Gasteiger partial charge is 0.494 e. The molecule has 0 aliphatic carbocycles. The second-order valence-corrected chi connectivity index (χ2v) is 6.07. The third-order valence-corrected chi connectivity index (χ3v) is 4.26. The van der Waals surface area contributed by atoms with Crippen LogP contribution in [0.1, 0.15) is 45.1 Å². The normalized spacial score (nSPS) is 11.7. The van der Waals surface area contributed by atoms with Gasteiger partial charge in [0.05, 0.1) is 18.2 Å². The fourth-order valence-electron chi connectivity index (χ4n) is 2.47. The van der Waals surface area contributed by atoms with Gasteiger partial charge in [0.25, 0.3) is 0 Å². The van der Waals surface area contributed by atoms with Gasteiger partial charge in [-0.1, -0.05) is 51.0 Å². The maximum atomic E-state index is 8.83. The summed E-state index contributed by atoms with van der Waals surface area (Å²) < 4.78 is 5.81. The molecule has 0 heterocycles. The Labute approximate surface area is 139 Å². The van der Waals surface area contributed by atoms with Gasteiger partial charge in [0.2, 0.25) is 0 Å². The molecule has 0 unspecified atom stereocenters. The summed E-state index contributed by atoms with van der Waals surface area (Å²) in [6.07, 6.45) is 4.90. The van der Waals surface area contributed by atoms with E-state index < -0.39 is 0 Å². The first-order chi connectivity index (χ1) is 11.2. The molecule has 0 aliphatic heterocycles. The first kappa shape index (κ1) is 17.1. The first-order valence-corrected chi connectivity index (χ1v) is 8.46. The molecule has 2 aromatic carbocycles. The molecule has 0 saturated heterocycles. The summed E-state index contributed by atoms with van der Waals surface area (Å²) in [5.41, 5.74) is 2.94. The van der Waals surface area contributed by atoms with Crippen molar-refractivity contribution in [2.24, 2.45) is 5.92 Å². The van der Waals surface area contributed by atoms with Crippen molar-refractivity contribution in [1.29, 1.82) is 5.26 Å². The van der Waals surface area contributed by atoms with Crippen LogP contribution in [0.2, 0.25) is 0 Å². The summed E-state index contributed by atoms with van der Waals surface area (Å²) in [6, 6.07) is 17.9. The van der Waals surface area contributed by atoms with Crippen LogP contribution < -0.4 is 4.74 Å². The number of ether oxygens (including phenoxy) is 1. The van der Waals surface area contributed by atoms with Crippen LogP contribution in [0.5, 0.6) is 5.75 Å². The number of unbranched alkanes of at least 4 members (excludes halogenated alkanes) is 1. The molecule has 120 valence electrons. The average molecular weight is 307 g/mol. The lowest BCUT2D eigenvalue weighted by Crippen LogP contribution is -1.99. The van der Waals surface area contributed by atoms with Gasteiger partial charge in [-0.05, 0) is 54.2 Å². The van der Waals surface area contributed by atoms with E-state index in [2.05, 4.69) is 32.0 Å². The quantitative estimate of drug-likeness (QED) is 0.576. The van der Waals surface area contributed by atoms with Crippen molar-refractivity contribution in [3.8, 4) is 22.9 Å². The Balaban J connectivity index is 1.81. The molecule has 0 aliphatic rings. The number of benzene rings is 2. The van der Waals surface area contributed by atoms with E-state index in [-0.39, 0.29) is 0 Å². The van der Waals surface area contributed by atoms with Crippen LogP contribution in [-0.2, 0) is 0 Å². The van der Waals surface area contributed by atoms with Gasteiger partial charge in [-0.3, -0.25) is 0 Å². The van der Waals surface area contributed by atoms with E-state index in [1.807, 2.05) is 36.4 Å². The van der Waals surface area contributed by atoms with Crippen molar-refractivity contribution >= 4 is 0 Å². The summed E-state index contributed by atoms with van der Waals surface area (Å²) in [5.74, 6) is 1.74. The van der Waals surface area contributed by atoms with Crippen molar-refractivity contribution < 1.29 is 4.74 Å². The standard InChI is InChI=1S/C21H25NO/c1-3-17(2)6-4-5-15-23-21-13-11-20(12-14-21)19-9-7-18(16-22)8-10-19/h7-14,17H,3-6,15H2,1-2H3/t17-/m0/s1. The topological polar surface area (TPSA) is 33.0 Å². The zero-order valence-corrected chi connectivity index (χ0v) is 14.1. The van der Waals surface area contributed by atoms with Gasteiger partial charge in [0, 0.05) is 0 Å². The number of nitrogens with zero attached hydrogens (tertiary/aromatic N) is 1.